The van der Waals surface area contributed by atoms with Gasteiger partial charge in [-0.2, -0.15) is 0 Å². The smallest absolute Gasteiger partial charge is 0.224 e. The lowest BCUT2D eigenvalue weighted by Gasteiger charge is -2.18. The van der Waals surface area contributed by atoms with Crippen molar-refractivity contribution < 1.29 is 14.6 Å². The summed E-state index contributed by atoms with van der Waals surface area (Å²) in [5.41, 5.74) is 2.02. The van der Waals surface area contributed by atoms with Crippen LogP contribution in [0.3, 0.4) is 0 Å². The van der Waals surface area contributed by atoms with Gasteiger partial charge in [-0.05, 0) is 17.5 Å². The van der Waals surface area contributed by atoms with Crippen molar-refractivity contribution in [3.8, 4) is 11.5 Å². The third-order valence-electron chi connectivity index (χ3n) is 3.41. The van der Waals surface area contributed by atoms with E-state index in [1.165, 1.54) is 6.07 Å². The van der Waals surface area contributed by atoms with E-state index >= 15 is 0 Å². The lowest BCUT2D eigenvalue weighted by molar-refractivity contribution is 0.325. The second kappa shape index (κ2) is 3.67. The molecule has 19 heavy (non-hydrogen) atoms. The molecular weight excluding hydrogens is 240 g/mol. The van der Waals surface area contributed by atoms with Crippen LogP contribution >= 0.6 is 0 Å². The largest absolute Gasteiger partial charge is 0.502 e. The zero-order valence-electron chi connectivity index (χ0n) is 11.2. The fourth-order valence-corrected chi connectivity index (χ4v) is 2.42. The van der Waals surface area contributed by atoms with Crippen molar-refractivity contribution in [3.05, 3.63) is 35.9 Å². The number of phenols is 1. The molecule has 0 saturated carbocycles. The predicted octanol–water partition coefficient (Wildman–Crippen LogP) is 4.73. The lowest BCUT2D eigenvalue weighted by Crippen LogP contribution is -2.10. The number of phenolic OH excluding ortho intramolecular Hbond substituents is 1. The molecule has 0 aliphatic heterocycles. The van der Waals surface area contributed by atoms with Crippen LogP contribution in [-0.4, -0.2) is 5.11 Å². The molecule has 1 aromatic heterocycles. The Morgan fingerprint density at radius 1 is 1.00 bits per heavy atom. The van der Waals surface area contributed by atoms with E-state index in [9.17, 15) is 10.2 Å². The van der Waals surface area contributed by atoms with Gasteiger partial charge in [-0.25, -0.2) is 0 Å². The summed E-state index contributed by atoms with van der Waals surface area (Å²) in [6.45, 7) is 6.32. The minimum atomic E-state index is -0.413. The van der Waals surface area contributed by atoms with Gasteiger partial charge in [0.15, 0.2) is 5.58 Å². The maximum absolute atomic E-state index is 11.5. The van der Waals surface area contributed by atoms with Gasteiger partial charge in [0, 0.05) is 16.3 Å². The molecule has 0 spiro atoms. The molecule has 2 aromatic carbocycles. The molecule has 1 N–H and O–H groups in total. The van der Waals surface area contributed by atoms with Gasteiger partial charge >= 0.3 is 0 Å². The number of hydrogen-bond acceptors (Lipinski definition) is 2. The van der Waals surface area contributed by atoms with Gasteiger partial charge in [0.25, 0.3) is 0 Å². The van der Waals surface area contributed by atoms with Gasteiger partial charge in [0.2, 0.25) is 11.5 Å². The summed E-state index contributed by atoms with van der Waals surface area (Å²) in [5.74, 6) is -0.725. The Morgan fingerprint density at radius 3 is 2.37 bits per heavy atom. The zero-order valence-corrected chi connectivity index (χ0v) is 11.2. The second-order valence-corrected chi connectivity index (χ2v) is 5.82. The molecule has 0 bridgehead atoms. The molecule has 0 amide bonds. The topological polar surface area (TPSA) is 53.3 Å². The van der Waals surface area contributed by atoms with Crippen LogP contribution in [0.15, 0.2) is 34.7 Å². The number of benzene rings is 2. The average Bonchev–Trinajstić information content (AvgIpc) is 2.71. The highest BCUT2D eigenvalue weighted by atomic mass is 16.4. The van der Waals surface area contributed by atoms with E-state index < -0.39 is 5.75 Å². The summed E-state index contributed by atoms with van der Waals surface area (Å²) in [6, 6.07) is 9.01. The summed E-state index contributed by atoms with van der Waals surface area (Å²) in [4.78, 5) is 0. The number of para-hydroxylation sites is 1. The Hall–Kier alpha value is -2.16. The first kappa shape index (κ1) is 11.9. The monoisotopic (exact) mass is 255 g/mol. The second-order valence-electron chi connectivity index (χ2n) is 5.82. The van der Waals surface area contributed by atoms with E-state index in [2.05, 4.69) is 20.8 Å². The van der Waals surface area contributed by atoms with Crippen LogP contribution in [0.2, 0.25) is 0 Å². The van der Waals surface area contributed by atoms with E-state index in [1.54, 1.807) is 6.07 Å². The number of aromatic hydroxyl groups is 1. The van der Waals surface area contributed by atoms with Gasteiger partial charge in [-0.15, -0.1) is 0 Å². The average molecular weight is 255 g/mol. The van der Waals surface area contributed by atoms with Crippen molar-refractivity contribution in [3.63, 3.8) is 0 Å². The minimum absolute atomic E-state index is 0.0662. The van der Waals surface area contributed by atoms with Crippen LogP contribution in [-0.2, 0) is 10.5 Å². The summed E-state index contributed by atoms with van der Waals surface area (Å²) in [7, 11) is 0. The third kappa shape index (κ3) is 1.65. The first-order chi connectivity index (χ1) is 8.89. The van der Waals surface area contributed by atoms with E-state index in [1.807, 2.05) is 18.2 Å². The summed E-state index contributed by atoms with van der Waals surface area (Å²) >= 11 is 0. The van der Waals surface area contributed by atoms with Crippen LogP contribution in [0.1, 0.15) is 26.3 Å². The molecular formula is C16H15O3. The molecule has 3 rings (SSSR count). The van der Waals surface area contributed by atoms with Crippen molar-refractivity contribution in [1.82, 2.24) is 0 Å². The normalized spacial score (nSPS) is 12.4. The highest BCUT2D eigenvalue weighted by Crippen LogP contribution is 2.42. The Labute approximate surface area is 111 Å². The first-order valence-corrected chi connectivity index (χ1v) is 6.24. The van der Waals surface area contributed by atoms with Crippen molar-refractivity contribution >= 4 is 21.9 Å². The zero-order chi connectivity index (χ0) is 13.8. The standard InChI is InChI=1S/C16H15O3/c1-16(2,3)11-6-4-5-9-10-7-8-12(17)13(18)15(10)19-14(9)11/h4-8,18H,1-3H3. The lowest BCUT2D eigenvalue weighted by atomic mass is 9.86. The Balaban J connectivity index is 2.50. The van der Waals surface area contributed by atoms with Crippen molar-refractivity contribution in [2.24, 2.45) is 0 Å². The quantitative estimate of drug-likeness (QED) is 0.631. The molecule has 1 radical (unpaired) electrons. The number of hydrogen-bond donors (Lipinski definition) is 1. The molecule has 0 fully saturated rings. The van der Waals surface area contributed by atoms with Gasteiger partial charge in [-0.3, -0.25) is 5.11 Å². The van der Waals surface area contributed by atoms with E-state index in [0.717, 1.165) is 21.9 Å². The molecule has 3 nitrogen and oxygen atoms in total. The Bertz CT molecular complexity index is 776. The molecule has 3 heteroatoms. The van der Waals surface area contributed by atoms with Crippen LogP contribution in [0, 0.1) is 0 Å². The maximum Gasteiger partial charge on any atom is 0.224 e. The fourth-order valence-electron chi connectivity index (χ4n) is 2.42. The molecule has 0 unspecified atom stereocenters. The van der Waals surface area contributed by atoms with Crippen LogP contribution in [0.25, 0.3) is 21.9 Å². The summed E-state index contributed by atoms with van der Waals surface area (Å²) < 4.78 is 5.77. The van der Waals surface area contributed by atoms with Crippen LogP contribution < -0.4 is 0 Å². The molecule has 0 saturated heterocycles. The summed E-state index contributed by atoms with van der Waals surface area (Å²) in [5, 5.41) is 23.0. The minimum Gasteiger partial charge on any atom is -0.502 e. The molecule has 3 aromatic rings. The van der Waals surface area contributed by atoms with Crippen molar-refractivity contribution in [2.75, 3.05) is 0 Å². The predicted molar refractivity (Wildman–Crippen MR) is 74.2 cm³/mol. The molecule has 97 valence electrons. The number of fused-ring (bicyclic) bond motifs is 3. The highest BCUT2D eigenvalue weighted by Gasteiger charge is 2.22. The molecule has 0 atom stereocenters. The van der Waals surface area contributed by atoms with Crippen molar-refractivity contribution in [2.45, 2.75) is 26.2 Å². The van der Waals surface area contributed by atoms with Gasteiger partial charge < -0.3 is 9.52 Å². The van der Waals surface area contributed by atoms with Crippen LogP contribution in [0.5, 0.6) is 11.5 Å². The van der Waals surface area contributed by atoms with Gasteiger partial charge in [-0.1, -0.05) is 39.0 Å². The molecule has 0 aliphatic rings. The van der Waals surface area contributed by atoms with E-state index in [0.29, 0.717) is 0 Å². The number of rotatable bonds is 0. The Morgan fingerprint density at radius 2 is 1.68 bits per heavy atom. The van der Waals surface area contributed by atoms with Crippen LogP contribution in [0.4, 0.5) is 0 Å². The van der Waals surface area contributed by atoms with E-state index in [-0.39, 0.29) is 16.7 Å². The molecule has 0 aliphatic carbocycles. The summed E-state index contributed by atoms with van der Waals surface area (Å²) in [6.07, 6.45) is 0. The first-order valence-electron chi connectivity index (χ1n) is 6.24. The molecule has 1 heterocycles. The highest BCUT2D eigenvalue weighted by molar-refractivity contribution is 6.08. The number of furan rings is 1. The van der Waals surface area contributed by atoms with E-state index in [4.69, 9.17) is 4.42 Å². The maximum atomic E-state index is 11.5. The third-order valence-corrected chi connectivity index (χ3v) is 3.41. The van der Waals surface area contributed by atoms with Gasteiger partial charge in [0.05, 0.1) is 0 Å². The van der Waals surface area contributed by atoms with Crippen molar-refractivity contribution in [1.29, 1.82) is 0 Å². The SMILES string of the molecule is CC(C)(C)c1cccc2c1oc1c(O)c([O])ccc12. The fraction of sp³-hybridized carbons (Fsp3) is 0.250. The van der Waals surface area contributed by atoms with Gasteiger partial charge in [0.1, 0.15) is 5.58 Å². The Kier molecular flexibility index (Phi) is 2.30.